The van der Waals surface area contributed by atoms with Crippen molar-refractivity contribution in [3.05, 3.63) is 0 Å². The molecule has 0 spiro atoms. The molecule has 0 aromatic rings. The van der Waals surface area contributed by atoms with Gasteiger partial charge in [0.15, 0.2) is 0 Å². The SMILES string of the molecule is CCCC(C)COCCOCCOCCOCCOCCOCCOCCOCCO. The summed E-state index contributed by atoms with van der Waals surface area (Å²) in [5.74, 6) is 0.618. The lowest BCUT2D eigenvalue weighted by Crippen LogP contribution is -2.15. The van der Waals surface area contributed by atoms with Gasteiger partial charge in [-0.3, -0.25) is 0 Å². The Hall–Kier alpha value is -0.360. The number of aliphatic hydroxyl groups is 1. The second-order valence-electron chi connectivity index (χ2n) is 6.98. The van der Waals surface area contributed by atoms with Crippen LogP contribution in [0.25, 0.3) is 0 Å². The van der Waals surface area contributed by atoms with Crippen molar-refractivity contribution in [3.63, 3.8) is 0 Å². The van der Waals surface area contributed by atoms with E-state index in [0.717, 1.165) is 6.61 Å². The Morgan fingerprint density at radius 3 is 1.06 bits per heavy atom. The van der Waals surface area contributed by atoms with Crippen molar-refractivity contribution in [2.45, 2.75) is 26.7 Å². The second-order valence-corrected chi connectivity index (χ2v) is 6.98. The van der Waals surface area contributed by atoms with Crippen LogP contribution < -0.4 is 0 Å². The fourth-order valence-electron chi connectivity index (χ4n) is 2.46. The van der Waals surface area contributed by atoms with E-state index in [0.29, 0.717) is 105 Å². The van der Waals surface area contributed by atoms with Crippen LogP contribution >= 0.6 is 0 Å². The molecule has 0 aromatic carbocycles. The molecule has 0 heterocycles. The minimum Gasteiger partial charge on any atom is -0.394 e. The van der Waals surface area contributed by atoms with Gasteiger partial charge in [0.1, 0.15) is 0 Å². The van der Waals surface area contributed by atoms with Crippen molar-refractivity contribution in [2.24, 2.45) is 5.92 Å². The molecule has 9 nitrogen and oxygen atoms in total. The van der Waals surface area contributed by atoms with Crippen LogP contribution in [-0.2, 0) is 37.9 Å². The smallest absolute Gasteiger partial charge is 0.0701 e. The lowest BCUT2D eigenvalue weighted by molar-refractivity contribution is -0.0245. The average Bonchev–Trinajstić information content (AvgIpc) is 2.77. The number of hydrogen-bond acceptors (Lipinski definition) is 9. The predicted octanol–water partition coefficient (Wildman–Crippen LogP) is 1.55. The first-order valence-corrected chi connectivity index (χ1v) is 11.5. The van der Waals surface area contributed by atoms with E-state index in [1.165, 1.54) is 12.8 Å². The molecule has 0 amide bonds. The Morgan fingerprint density at radius 2 is 0.774 bits per heavy atom. The third-order valence-electron chi connectivity index (χ3n) is 4.02. The standard InChI is InChI=1S/C22H46O9/c1-3-4-22(2)21-31-20-19-30-18-17-29-16-15-28-14-13-27-12-11-26-10-9-25-8-7-24-6-5-23/h22-23H,3-21H2,1-2H3. The van der Waals surface area contributed by atoms with E-state index in [1.807, 2.05) is 0 Å². The van der Waals surface area contributed by atoms with Gasteiger partial charge in [0.2, 0.25) is 0 Å². The normalized spacial score (nSPS) is 12.5. The first-order chi connectivity index (χ1) is 15.3. The summed E-state index contributed by atoms with van der Waals surface area (Å²) < 4.78 is 43.1. The third-order valence-corrected chi connectivity index (χ3v) is 4.02. The summed E-state index contributed by atoms with van der Waals surface area (Å²) in [7, 11) is 0. The Morgan fingerprint density at radius 1 is 0.484 bits per heavy atom. The van der Waals surface area contributed by atoms with Crippen LogP contribution in [0, 0.1) is 5.92 Å². The molecule has 0 fully saturated rings. The van der Waals surface area contributed by atoms with Gasteiger partial charge in [-0.1, -0.05) is 20.3 Å². The van der Waals surface area contributed by atoms with Gasteiger partial charge >= 0.3 is 0 Å². The van der Waals surface area contributed by atoms with Crippen LogP contribution in [0.1, 0.15) is 26.7 Å². The molecule has 0 rings (SSSR count). The summed E-state index contributed by atoms with van der Waals surface area (Å²) in [6.07, 6.45) is 2.41. The molecule has 1 unspecified atom stereocenters. The molecule has 0 bridgehead atoms. The highest BCUT2D eigenvalue weighted by Crippen LogP contribution is 2.04. The zero-order valence-corrected chi connectivity index (χ0v) is 19.7. The van der Waals surface area contributed by atoms with Gasteiger partial charge in [0.25, 0.3) is 0 Å². The van der Waals surface area contributed by atoms with E-state index >= 15 is 0 Å². The molecule has 188 valence electrons. The fourth-order valence-corrected chi connectivity index (χ4v) is 2.46. The maximum atomic E-state index is 8.54. The molecular formula is C22H46O9. The second kappa shape index (κ2) is 27.7. The van der Waals surface area contributed by atoms with E-state index in [-0.39, 0.29) is 6.61 Å². The molecule has 0 aliphatic heterocycles. The van der Waals surface area contributed by atoms with E-state index in [1.54, 1.807) is 0 Å². The molecule has 1 atom stereocenters. The highest BCUT2D eigenvalue weighted by molar-refractivity contribution is 4.49. The van der Waals surface area contributed by atoms with Crippen LogP contribution in [0.15, 0.2) is 0 Å². The van der Waals surface area contributed by atoms with Gasteiger partial charge in [-0.25, -0.2) is 0 Å². The van der Waals surface area contributed by atoms with Crippen molar-refractivity contribution in [1.82, 2.24) is 0 Å². The van der Waals surface area contributed by atoms with Crippen LogP contribution in [0.4, 0.5) is 0 Å². The average molecular weight is 455 g/mol. The summed E-state index contributed by atoms with van der Waals surface area (Å²) in [5, 5.41) is 8.54. The van der Waals surface area contributed by atoms with Gasteiger partial charge in [-0.05, 0) is 12.3 Å². The van der Waals surface area contributed by atoms with E-state index < -0.39 is 0 Å². The van der Waals surface area contributed by atoms with Crippen LogP contribution in [-0.4, -0.2) is 117 Å². The quantitative estimate of drug-likeness (QED) is 0.186. The van der Waals surface area contributed by atoms with E-state index in [2.05, 4.69) is 13.8 Å². The molecule has 0 aliphatic rings. The van der Waals surface area contributed by atoms with Crippen LogP contribution in [0.3, 0.4) is 0 Å². The molecule has 31 heavy (non-hydrogen) atoms. The maximum absolute atomic E-state index is 8.54. The summed E-state index contributed by atoms with van der Waals surface area (Å²) in [4.78, 5) is 0. The summed E-state index contributed by atoms with van der Waals surface area (Å²) in [6, 6.07) is 0. The fraction of sp³-hybridized carbons (Fsp3) is 1.00. The molecule has 0 aromatic heterocycles. The number of ether oxygens (including phenoxy) is 8. The monoisotopic (exact) mass is 454 g/mol. The molecule has 9 heteroatoms. The minimum absolute atomic E-state index is 0.0345. The predicted molar refractivity (Wildman–Crippen MR) is 118 cm³/mol. The molecular weight excluding hydrogens is 408 g/mol. The van der Waals surface area contributed by atoms with Crippen molar-refractivity contribution in [3.8, 4) is 0 Å². The zero-order valence-electron chi connectivity index (χ0n) is 19.7. The van der Waals surface area contributed by atoms with Crippen LogP contribution in [0.5, 0.6) is 0 Å². The van der Waals surface area contributed by atoms with Gasteiger partial charge < -0.3 is 43.0 Å². The zero-order chi connectivity index (χ0) is 22.7. The lowest BCUT2D eigenvalue weighted by atomic mass is 10.1. The summed E-state index contributed by atoms with van der Waals surface area (Å²) >= 11 is 0. The molecule has 1 N–H and O–H groups in total. The largest absolute Gasteiger partial charge is 0.394 e. The topological polar surface area (TPSA) is 94.1 Å². The lowest BCUT2D eigenvalue weighted by Gasteiger charge is -2.11. The van der Waals surface area contributed by atoms with Crippen LogP contribution in [0.2, 0.25) is 0 Å². The molecule has 0 saturated carbocycles. The van der Waals surface area contributed by atoms with Gasteiger partial charge in [0, 0.05) is 6.61 Å². The van der Waals surface area contributed by atoms with Gasteiger partial charge in [-0.2, -0.15) is 0 Å². The van der Waals surface area contributed by atoms with E-state index in [9.17, 15) is 0 Å². The van der Waals surface area contributed by atoms with Gasteiger partial charge in [-0.15, -0.1) is 0 Å². The Bertz CT molecular complexity index is 321. The maximum Gasteiger partial charge on any atom is 0.0701 e. The first-order valence-electron chi connectivity index (χ1n) is 11.5. The first kappa shape index (κ1) is 30.6. The third kappa shape index (κ3) is 27.6. The number of rotatable bonds is 27. The van der Waals surface area contributed by atoms with Gasteiger partial charge in [0.05, 0.1) is 106 Å². The Labute approximate surface area is 188 Å². The van der Waals surface area contributed by atoms with E-state index in [4.69, 9.17) is 43.0 Å². The van der Waals surface area contributed by atoms with Crippen molar-refractivity contribution in [2.75, 3.05) is 112 Å². The highest BCUT2D eigenvalue weighted by atomic mass is 16.6. The van der Waals surface area contributed by atoms with Crippen molar-refractivity contribution >= 4 is 0 Å². The number of aliphatic hydroxyl groups excluding tert-OH is 1. The Balaban J connectivity index is 3.02. The van der Waals surface area contributed by atoms with Crippen molar-refractivity contribution in [1.29, 1.82) is 0 Å². The number of hydrogen-bond donors (Lipinski definition) is 1. The molecule has 0 aliphatic carbocycles. The minimum atomic E-state index is 0.0345. The highest BCUT2D eigenvalue weighted by Gasteiger charge is 2.00. The summed E-state index contributed by atoms with van der Waals surface area (Å²) in [6.45, 7) is 13.2. The van der Waals surface area contributed by atoms with Crippen molar-refractivity contribution < 1.29 is 43.0 Å². The molecule has 0 radical (unpaired) electrons. The molecule has 0 saturated heterocycles. The summed E-state index contributed by atoms with van der Waals surface area (Å²) in [5.41, 5.74) is 0. The Kier molecular flexibility index (Phi) is 27.4.